The molecule has 0 aromatic carbocycles. The Labute approximate surface area is 85.6 Å². The quantitative estimate of drug-likeness (QED) is 0.548. The van der Waals surface area contributed by atoms with E-state index in [2.05, 4.69) is 47.6 Å². The zero-order chi connectivity index (χ0) is 10.4. The third-order valence-corrected chi connectivity index (χ3v) is 5.63. The first-order valence-corrected chi connectivity index (χ1v) is 6.99. The summed E-state index contributed by atoms with van der Waals surface area (Å²) in [7, 11) is 0.113. The maximum atomic E-state index is 2.45. The minimum atomic E-state index is 0.113. The summed E-state index contributed by atoms with van der Waals surface area (Å²) in [5.41, 5.74) is 1.68. The van der Waals surface area contributed by atoms with E-state index >= 15 is 0 Å². The standard InChI is InChI=1S/C12H25P/c1-7-9-12(8-2)13(10(3)4)11(5)6/h9-11H,7-8H2,1-6H3. The van der Waals surface area contributed by atoms with Gasteiger partial charge >= 0.3 is 0 Å². The molecule has 0 saturated heterocycles. The Morgan fingerprint density at radius 2 is 1.54 bits per heavy atom. The summed E-state index contributed by atoms with van der Waals surface area (Å²) in [5.74, 6) is 0. The molecular weight excluding hydrogens is 175 g/mol. The highest BCUT2D eigenvalue weighted by molar-refractivity contribution is 7.63. The van der Waals surface area contributed by atoms with Crippen molar-refractivity contribution in [3.05, 3.63) is 11.4 Å². The summed E-state index contributed by atoms with van der Waals surface area (Å²) >= 11 is 0. The molecule has 78 valence electrons. The Bertz CT molecular complexity index is 149. The van der Waals surface area contributed by atoms with Gasteiger partial charge in [0.1, 0.15) is 0 Å². The predicted molar refractivity (Wildman–Crippen MR) is 65.9 cm³/mol. The van der Waals surface area contributed by atoms with Gasteiger partial charge in [0.05, 0.1) is 0 Å². The molecule has 0 aliphatic heterocycles. The van der Waals surface area contributed by atoms with E-state index in [9.17, 15) is 0 Å². The van der Waals surface area contributed by atoms with E-state index in [1.165, 1.54) is 12.8 Å². The molecule has 0 bridgehead atoms. The van der Waals surface area contributed by atoms with Gasteiger partial charge in [-0.3, -0.25) is 0 Å². The maximum Gasteiger partial charge on any atom is -0.0227 e. The van der Waals surface area contributed by atoms with Gasteiger partial charge in [-0.25, -0.2) is 0 Å². The van der Waals surface area contributed by atoms with Crippen LogP contribution in [0.3, 0.4) is 0 Å². The van der Waals surface area contributed by atoms with Crippen molar-refractivity contribution in [2.75, 3.05) is 0 Å². The van der Waals surface area contributed by atoms with Crippen molar-refractivity contribution in [3.63, 3.8) is 0 Å². The molecule has 0 unspecified atom stereocenters. The Balaban J connectivity index is 4.59. The summed E-state index contributed by atoms with van der Waals surface area (Å²) in [6, 6.07) is 0. The monoisotopic (exact) mass is 200 g/mol. The Morgan fingerprint density at radius 3 is 1.77 bits per heavy atom. The third-order valence-electron chi connectivity index (χ3n) is 2.25. The molecule has 0 saturated carbocycles. The largest absolute Gasteiger partial charge is 0.0811 e. The van der Waals surface area contributed by atoms with Crippen LogP contribution in [-0.2, 0) is 0 Å². The van der Waals surface area contributed by atoms with Crippen LogP contribution < -0.4 is 0 Å². The molecule has 0 spiro atoms. The highest BCUT2D eigenvalue weighted by atomic mass is 31.1. The minimum absolute atomic E-state index is 0.113. The first-order chi connectivity index (χ1) is 6.04. The molecule has 0 rings (SSSR count). The van der Waals surface area contributed by atoms with Crippen molar-refractivity contribution in [1.82, 2.24) is 0 Å². The molecule has 0 radical (unpaired) electrons. The van der Waals surface area contributed by atoms with Crippen LogP contribution >= 0.6 is 7.92 Å². The van der Waals surface area contributed by atoms with Gasteiger partial charge in [-0.2, -0.15) is 0 Å². The van der Waals surface area contributed by atoms with Gasteiger partial charge in [0.2, 0.25) is 0 Å². The van der Waals surface area contributed by atoms with Crippen molar-refractivity contribution < 1.29 is 0 Å². The van der Waals surface area contributed by atoms with Crippen molar-refractivity contribution >= 4 is 7.92 Å². The number of hydrogen-bond donors (Lipinski definition) is 0. The topological polar surface area (TPSA) is 0 Å². The fourth-order valence-corrected chi connectivity index (χ4v) is 5.21. The lowest BCUT2D eigenvalue weighted by atomic mass is 10.3. The van der Waals surface area contributed by atoms with Crippen LogP contribution in [0.4, 0.5) is 0 Å². The Hall–Kier alpha value is 0.170. The lowest BCUT2D eigenvalue weighted by Crippen LogP contribution is -2.05. The second-order valence-corrected chi connectivity index (χ2v) is 7.51. The molecule has 0 aromatic heterocycles. The average molecular weight is 200 g/mol. The lowest BCUT2D eigenvalue weighted by molar-refractivity contribution is 0.996. The summed E-state index contributed by atoms with van der Waals surface area (Å²) in [4.78, 5) is 0. The second-order valence-electron chi connectivity index (χ2n) is 4.05. The smallest absolute Gasteiger partial charge is 0.0227 e. The molecule has 13 heavy (non-hydrogen) atoms. The highest BCUT2D eigenvalue weighted by Gasteiger charge is 2.19. The van der Waals surface area contributed by atoms with Gasteiger partial charge in [-0.15, -0.1) is 0 Å². The number of hydrogen-bond acceptors (Lipinski definition) is 0. The van der Waals surface area contributed by atoms with E-state index in [4.69, 9.17) is 0 Å². The Morgan fingerprint density at radius 1 is 1.08 bits per heavy atom. The maximum absolute atomic E-state index is 2.45. The Kier molecular flexibility index (Phi) is 6.68. The van der Waals surface area contributed by atoms with Gasteiger partial charge in [0, 0.05) is 0 Å². The normalized spacial score (nSPS) is 13.5. The first kappa shape index (κ1) is 13.2. The molecule has 0 nitrogen and oxygen atoms in total. The van der Waals surface area contributed by atoms with Gasteiger partial charge in [0.25, 0.3) is 0 Å². The zero-order valence-electron chi connectivity index (χ0n) is 10.1. The molecule has 0 N–H and O–H groups in total. The highest BCUT2D eigenvalue weighted by Crippen LogP contribution is 2.54. The molecule has 0 fully saturated rings. The zero-order valence-corrected chi connectivity index (χ0v) is 11.0. The van der Waals surface area contributed by atoms with Crippen LogP contribution in [0, 0.1) is 0 Å². The van der Waals surface area contributed by atoms with E-state index in [0.717, 1.165) is 11.3 Å². The molecule has 1 heteroatoms. The SMILES string of the molecule is CCC=C(CC)P(C(C)C)C(C)C. The van der Waals surface area contributed by atoms with E-state index in [0.29, 0.717) is 0 Å². The lowest BCUT2D eigenvalue weighted by Gasteiger charge is -2.28. The van der Waals surface area contributed by atoms with E-state index < -0.39 is 0 Å². The van der Waals surface area contributed by atoms with Crippen LogP contribution in [0.1, 0.15) is 54.4 Å². The molecule has 0 aromatic rings. The second kappa shape index (κ2) is 6.60. The fourth-order valence-electron chi connectivity index (χ4n) is 1.93. The number of rotatable bonds is 5. The van der Waals surface area contributed by atoms with Crippen LogP contribution in [-0.4, -0.2) is 11.3 Å². The molecule has 0 atom stereocenters. The van der Waals surface area contributed by atoms with E-state index in [-0.39, 0.29) is 7.92 Å². The summed E-state index contributed by atoms with van der Waals surface area (Å²) in [6.07, 6.45) is 4.89. The molecular formula is C12H25P. The minimum Gasteiger partial charge on any atom is -0.0811 e. The van der Waals surface area contributed by atoms with Gasteiger partial charge in [-0.05, 0) is 29.5 Å². The van der Waals surface area contributed by atoms with Crippen LogP contribution in [0.5, 0.6) is 0 Å². The third kappa shape index (κ3) is 4.27. The summed E-state index contributed by atoms with van der Waals surface area (Å²) < 4.78 is 0. The van der Waals surface area contributed by atoms with Crippen molar-refractivity contribution in [3.8, 4) is 0 Å². The first-order valence-electron chi connectivity index (χ1n) is 5.51. The van der Waals surface area contributed by atoms with E-state index in [1.54, 1.807) is 5.31 Å². The fraction of sp³-hybridized carbons (Fsp3) is 0.833. The van der Waals surface area contributed by atoms with Gasteiger partial charge in [0.15, 0.2) is 0 Å². The van der Waals surface area contributed by atoms with Crippen LogP contribution in [0.2, 0.25) is 0 Å². The van der Waals surface area contributed by atoms with Crippen LogP contribution in [0.25, 0.3) is 0 Å². The van der Waals surface area contributed by atoms with Crippen molar-refractivity contribution in [1.29, 1.82) is 0 Å². The molecule has 0 aliphatic rings. The molecule has 0 amide bonds. The summed E-state index contributed by atoms with van der Waals surface area (Å²) in [5, 5.41) is 1.72. The van der Waals surface area contributed by atoms with Gasteiger partial charge in [-0.1, -0.05) is 55.5 Å². The van der Waals surface area contributed by atoms with Crippen molar-refractivity contribution in [2.24, 2.45) is 0 Å². The molecule has 0 aliphatic carbocycles. The summed E-state index contributed by atoms with van der Waals surface area (Å²) in [6.45, 7) is 14.0. The van der Waals surface area contributed by atoms with Gasteiger partial charge < -0.3 is 0 Å². The van der Waals surface area contributed by atoms with Crippen molar-refractivity contribution in [2.45, 2.75) is 65.7 Å². The average Bonchev–Trinajstić information content (AvgIpc) is 2.02. The van der Waals surface area contributed by atoms with Crippen LogP contribution in [0.15, 0.2) is 11.4 Å². The number of allylic oxidation sites excluding steroid dienone is 2. The van der Waals surface area contributed by atoms with E-state index in [1.807, 2.05) is 0 Å². The molecule has 0 heterocycles. The predicted octanol–water partition coefficient (Wildman–Crippen LogP) is 4.99.